The van der Waals surface area contributed by atoms with Crippen LogP contribution >= 0.6 is 0 Å². The van der Waals surface area contributed by atoms with Gasteiger partial charge >= 0.3 is 6.18 Å². The summed E-state index contributed by atoms with van der Waals surface area (Å²) in [6, 6.07) is 3.94. The third-order valence-electron chi connectivity index (χ3n) is 7.20. The standard InChI is InChI=1S/C26H35F3N4O2/c1-18-17-30-25(35-18)16-24(34)32-21-5-2-19(3-6-21)9-13-33-14-10-20-4-7-22(8-12-26(27,28)29)31-23(20)11-15-33/h4,7,17,19,21H,2-3,5-6,8-16H2,1H3,(H,32,34). The second-order valence-corrected chi connectivity index (χ2v) is 9.98. The SMILES string of the molecule is Cc1cnc(CC(=O)NC2CCC(CCN3CCc4ccc(CCC(F)(F)F)nc4CC3)CC2)o1. The first-order valence-corrected chi connectivity index (χ1v) is 12.7. The number of hydrogen-bond acceptors (Lipinski definition) is 5. The van der Waals surface area contributed by atoms with Gasteiger partial charge in [-0.15, -0.1) is 0 Å². The molecule has 0 atom stereocenters. The number of hydrogen-bond donors (Lipinski definition) is 1. The summed E-state index contributed by atoms with van der Waals surface area (Å²) in [5.41, 5.74) is 2.66. The smallest absolute Gasteiger partial charge is 0.389 e. The van der Waals surface area contributed by atoms with Crippen molar-refractivity contribution in [3.63, 3.8) is 0 Å². The van der Waals surface area contributed by atoms with Gasteiger partial charge in [0.15, 0.2) is 0 Å². The van der Waals surface area contributed by atoms with E-state index in [2.05, 4.69) is 20.2 Å². The Hall–Kier alpha value is -2.42. The molecule has 1 fully saturated rings. The van der Waals surface area contributed by atoms with Crippen LogP contribution in [0.1, 0.15) is 67.1 Å². The van der Waals surface area contributed by atoms with E-state index >= 15 is 0 Å². The summed E-state index contributed by atoms with van der Waals surface area (Å²) < 4.78 is 43.0. The minimum atomic E-state index is -4.15. The zero-order valence-electron chi connectivity index (χ0n) is 20.4. The lowest BCUT2D eigenvalue weighted by Crippen LogP contribution is -2.39. The quantitative estimate of drug-likeness (QED) is 0.584. The molecule has 3 heterocycles. The molecule has 1 aliphatic carbocycles. The highest BCUT2D eigenvalue weighted by Gasteiger charge is 2.27. The molecule has 0 saturated heterocycles. The number of carbonyl (C=O) groups is 1. The fourth-order valence-corrected chi connectivity index (χ4v) is 5.17. The fraction of sp³-hybridized carbons (Fsp3) is 0.654. The maximum atomic E-state index is 12.5. The number of aryl methyl sites for hydroxylation is 2. The van der Waals surface area contributed by atoms with Crippen molar-refractivity contribution in [3.8, 4) is 0 Å². The molecule has 0 spiro atoms. The number of oxazole rings is 1. The number of carbonyl (C=O) groups excluding carboxylic acids is 1. The van der Waals surface area contributed by atoms with Crippen molar-refractivity contribution in [2.75, 3.05) is 19.6 Å². The van der Waals surface area contributed by atoms with Crippen LogP contribution in [0, 0.1) is 12.8 Å². The Morgan fingerprint density at radius 2 is 1.94 bits per heavy atom. The Morgan fingerprint density at radius 3 is 2.66 bits per heavy atom. The average molecular weight is 493 g/mol. The van der Waals surface area contributed by atoms with E-state index in [1.807, 2.05) is 13.0 Å². The topological polar surface area (TPSA) is 71.3 Å². The van der Waals surface area contributed by atoms with Gasteiger partial charge in [0.05, 0.1) is 6.20 Å². The Balaban J connectivity index is 1.16. The second kappa shape index (κ2) is 11.5. The average Bonchev–Trinajstić information content (AvgIpc) is 3.10. The molecule has 1 aliphatic heterocycles. The van der Waals surface area contributed by atoms with E-state index in [1.54, 1.807) is 12.3 Å². The molecule has 2 aromatic rings. The molecule has 2 aromatic heterocycles. The molecule has 6 nitrogen and oxygen atoms in total. The summed E-state index contributed by atoms with van der Waals surface area (Å²) in [5.74, 6) is 1.80. The molecule has 192 valence electrons. The zero-order valence-corrected chi connectivity index (χ0v) is 20.4. The number of nitrogens with zero attached hydrogens (tertiary/aromatic N) is 3. The van der Waals surface area contributed by atoms with Gasteiger partial charge in [0.1, 0.15) is 12.2 Å². The van der Waals surface area contributed by atoms with Crippen LogP contribution in [-0.4, -0.2) is 52.6 Å². The van der Waals surface area contributed by atoms with Gasteiger partial charge in [-0.3, -0.25) is 9.78 Å². The predicted molar refractivity (Wildman–Crippen MR) is 126 cm³/mol. The zero-order chi connectivity index (χ0) is 24.8. The van der Waals surface area contributed by atoms with Gasteiger partial charge in [-0.1, -0.05) is 6.07 Å². The van der Waals surface area contributed by atoms with E-state index < -0.39 is 12.6 Å². The highest BCUT2D eigenvalue weighted by Crippen LogP contribution is 2.28. The van der Waals surface area contributed by atoms with Gasteiger partial charge in [0.25, 0.3) is 0 Å². The van der Waals surface area contributed by atoms with E-state index in [4.69, 9.17) is 4.42 Å². The summed E-state index contributed by atoms with van der Waals surface area (Å²) in [5, 5.41) is 3.12. The number of aromatic nitrogens is 2. The lowest BCUT2D eigenvalue weighted by atomic mass is 9.84. The van der Waals surface area contributed by atoms with Crippen molar-refractivity contribution in [2.45, 2.75) is 83.4 Å². The highest BCUT2D eigenvalue weighted by atomic mass is 19.4. The second-order valence-electron chi connectivity index (χ2n) is 9.98. The number of halogens is 3. The van der Waals surface area contributed by atoms with Crippen molar-refractivity contribution in [1.82, 2.24) is 20.2 Å². The van der Waals surface area contributed by atoms with Crippen LogP contribution in [0.3, 0.4) is 0 Å². The van der Waals surface area contributed by atoms with Crippen molar-refractivity contribution < 1.29 is 22.4 Å². The van der Waals surface area contributed by atoms with Crippen LogP contribution in [-0.2, 0) is 30.5 Å². The van der Waals surface area contributed by atoms with Crippen LogP contribution in [0.15, 0.2) is 22.7 Å². The fourth-order valence-electron chi connectivity index (χ4n) is 5.17. The molecular formula is C26H35F3N4O2. The number of rotatable bonds is 8. The van der Waals surface area contributed by atoms with E-state index in [0.717, 1.165) is 70.3 Å². The summed E-state index contributed by atoms with van der Waals surface area (Å²) in [4.78, 5) is 23.4. The Morgan fingerprint density at radius 1 is 1.17 bits per heavy atom. The number of nitrogens with one attached hydrogen (secondary N) is 1. The maximum Gasteiger partial charge on any atom is 0.389 e. The minimum Gasteiger partial charge on any atom is -0.445 e. The van der Waals surface area contributed by atoms with Crippen LogP contribution < -0.4 is 5.32 Å². The van der Waals surface area contributed by atoms with Gasteiger partial charge in [0.2, 0.25) is 11.8 Å². The molecule has 9 heteroatoms. The monoisotopic (exact) mass is 492 g/mol. The van der Waals surface area contributed by atoms with Crippen molar-refractivity contribution in [1.29, 1.82) is 0 Å². The van der Waals surface area contributed by atoms with Gasteiger partial charge < -0.3 is 14.6 Å². The first-order valence-electron chi connectivity index (χ1n) is 12.7. The molecule has 2 aliphatic rings. The molecule has 1 saturated carbocycles. The number of alkyl halides is 3. The van der Waals surface area contributed by atoms with Crippen molar-refractivity contribution in [2.24, 2.45) is 5.92 Å². The molecular weight excluding hydrogens is 457 g/mol. The van der Waals surface area contributed by atoms with Gasteiger partial charge in [-0.25, -0.2) is 4.98 Å². The molecule has 4 rings (SSSR count). The Labute approximate surface area is 204 Å². The summed E-state index contributed by atoms with van der Waals surface area (Å²) in [6.07, 6.45) is 3.83. The summed E-state index contributed by atoms with van der Waals surface area (Å²) >= 11 is 0. The molecule has 1 amide bonds. The van der Waals surface area contributed by atoms with E-state index in [9.17, 15) is 18.0 Å². The third-order valence-corrected chi connectivity index (χ3v) is 7.20. The van der Waals surface area contributed by atoms with Crippen LogP contribution in [0.2, 0.25) is 0 Å². The molecule has 0 unspecified atom stereocenters. The largest absolute Gasteiger partial charge is 0.445 e. The van der Waals surface area contributed by atoms with Gasteiger partial charge in [-0.2, -0.15) is 13.2 Å². The first-order chi connectivity index (χ1) is 16.7. The molecule has 35 heavy (non-hydrogen) atoms. The summed E-state index contributed by atoms with van der Waals surface area (Å²) in [7, 11) is 0. The third kappa shape index (κ3) is 8.05. The molecule has 0 aromatic carbocycles. The Kier molecular flexibility index (Phi) is 8.46. The predicted octanol–water partition coefficient (Wildman–Crippen LogP) is 4.58. The molecule has 0 bridgehead atoms. The van der Waals surface area contributed by atoms with Gasteiger partial charge in [-0.05, 0) is 76.0 Å². The first kappa shape index (κ1) is 25.7. The van der Waals surface area contributed by atoms with Crippen LogP contribution in [0.25, 0.3) is 0 Å². The van der Waals surface area contributed by atoms with E-state index in [0.29, 0.717) is 23.3 Å². The number of pyridine rings is 1. The molecule has 0 radical (unpaired) electrons. The Bertz CT molecular complexity index is 983. The highest BCUT2D eigenvalue weighted by molar-refractivity contribution is 5.77. The van der Waals surface area contributed by atoms with Crippen LogP contribution in [0.5, 0.6) is 0 Å². The number of fused-ring (bicyclic) bond motifs is 1. The van der Waals surface area contributed by atoms with Gasteiger partial charge in [0, 0.05) is 43.4 Å². The summed E-state index contributed by atoms with van der Waals surface area (Å²) in [6.45, 7) is 4.70. The van der Waals surface area contributed by atoms with E-state index in [-0.39, 0.29) is 24.8 Å². The maximum absolute atomic E-state index is 12.5. The lowest BCUT2D eigenvalue weighted by molar-refractivity contribution is -0.134. The number of amides is 1. The van der Waals surface area contributed by atoms with E-state index in [1.165, 1.54) is 5.56 Å². The minimum absolute atomic E-state index is 0.0328. The van der Waals surface area contributed by atoms with Crippen LogP contribution in [0.4, 0.5) is 13.2 Å². The van der Waals surface area contributed by atoms with Crippen molar-refractivity contribution in [3.05, 3.63) is 46.9 Å². The van der Waals surface area contributed by atoms with Crippen molar-refractivity contribution >= 4 is 5.91 Å². The molecule has 1 N–H and O–H groups in total. The normalized spacial score (nSPS) is 21.4. The lowest BCUT2D eigenvalue weighted by Gasteiger charge is -2.30.